The molecule has 25 heavy (non-hydrogen) atoms. The number of carbonyl (C=O) groups excluding carboxylic acids is 1. The molecule has 0 unspecified atom stereocenters. The molecule has 0 radical (unpaired) electrons. The summed E-state index contributed by atoms with van der Waals surface area (Å²) in [6.07, 6.45) is 1.95. The van der Waals surface area contributed by atoms with Gasteiger partial charge in [-0.3, -0.25) is 9.69 Å². The van der Waals surface area contributed by atoms with Crippen LogP contribution in [0.4, 0.5) is 5.69 Å². The average Bonchev–Trinajstić information content (AvgIpc) is 2.98. The van der Waals surface area contributed by atoms with Crippen molar-refractivity contribution in [3.63, 3.8) is 0 Å². The first-order valence-corrected chi connectivity index (χ1v) is 9.12. The van der Waals surface area contributed by atoms with Crippen LogP contribution < -0.4 is 4.90 Å². The van der Waals surface area contributed by atoms with Crippen LogP contribution in [0.15, 0.2) is 12.3 Å². The van der Waals surface area contributed by atoms with Gasteiger partial charge in [0.1, 0.15) is 11.3 Å². The summed E-state index contributed by atoms with van der Waals surface area (Å²) in [5.41, 5.74) is 3.07. The molecule has 2 aliphatic heterocycles. The second-order valence-electron chi connectivity index (χ2n) is 7.27. The predicted octanol–water partition coefficient (Wildman–Crippen LogP) is 1.32. The molecule has 134 valence electrons. The number of fused-ring (bicyclic) bond motifs is 3. The first-order chi connectivity index (χ1) is 12.0. The third kappa shape index (κ3) is 2.97. The van der Waals surface area contributed by atoms with Crippen molar-refractivity contribution in [3.8, 4) is 0 Å². The minimum absolute atomic E-state index is 0.157. The quantitative estimate of drug-likeness (QED) is 0.824. The maximum absolute atomic E-state index is 11.5. The van der Waals surface area contributed by atoms with Crippen LogP contribution in [0, 0.1) is 0 Å². The van der Waals surface area contributed by atoms with Gasteiger partial charge in [-0.25, -0.2) is 9.97 Å². The van der Waals surface area contributed by atoms with E-state index in [0.29, 0.717) is 6.04 Å². The molecule has 0 aromatic carbocycles. The van der Waals surface area contributed by atoms with Gasteiger partial charge in [-0.1, -0.05) is 0 Å². The van der Waals surface area contributed by atoms with Crippen LogP contribution in [-0.4, -0.2) is 69.0 Å². The predicted molar refractivity (Wildman–Crippen MR) is 97.5 cm³/mol. The molecule has 4 heterocycles. The second kappa shape index (κ2) is 6.29. The van der Waals surface area contributed by atoms with Crippen LogP contribution in [-0.2, 0) is 17.9 Å². The zero-order chi connectivity index (χ0) is 17.6. The molecule has 1 saturated heterocycles. The van der Waals surface area contributed by atoms with Crippen molar-refractivity contribution in [2.75, 3.05) is 37.6 Å². The van der Waals surface area contributed by atoms with Gasteiger partial charge < -0.3 is 14.4 Å². The zero-order valence-electron chi connectivity index (χ0n) is 15.3. The Balaban J connectivity index is 1.57. The molecule has 0 spiro atoms. The summed E-state index contributed by atoms with van der Waals surface area (Å²) in [7, 11) is 0. The summed E-state index contributed by atoms with van der Waals surface area (Å²) in [4.78, 5) is 27.7. The van der Waals surface area contributed by atoms with Gasteiger partial charge in [0.05, 0.1) is 18.4 Å². The number of amides is 1. The fourth-order valence-electron chi connectivity index (χ4n) is 3.79. The molecule has 1 fully saturated rings. The Morgan fingerprint density at radius 2 is 1.88 bits per heavy atom. The maximum Gasteiger partial charge on any atom is 0.219 e. The van der Waals surface area contributed by atoms with Crippen LogP contribution in [0.5, 0.6) is 0 Å². The van der Waals surface area contributed by atoms with E-state index in [9.17, 15) is 4.79 Å². The largest absolute Gasteiger partial charge is 0.367 e. The van der Waals surface area contributed by atoms with Crippen LogP contribution in [0.3, 0.4) is 0 Å². The smallest absolute Gasteiger partial charge is 0.219 e. The lowest BCUT2D eigenvalue weighted by atomic mass is 10.2. The lowest BCUT2D eigenvalue weighted by Gasteiger charge is -2.35. The third-order valence-corrected chi connectivity index (χ3v) is 5.43. The molecule has 1 amide bonds. The summed E-state index contributed by atoms with van der Waals surface area (Å²) >= 11 is 0. The summed E-state index contributed by atoms with van der Waals surface area (Å²) < 4.78 is 2.26. The van der Waals surface area contributed by atoms with E-state index in [2.05, 4.69) is 34.3 Å². The minimum Gasteiger partial charge on any atom is -0.367 e. The van der Waals surface area contributed by atoms with E-state index in [1.807, 2.05) is 11.1 Å². The fraction of sp³-hybridized carbons (Fsp3) is 0.611. The highest BCUT2D eigenvalue weighted by molar-refractivity contribution is 5.76. The lowest BCUT2D eigenvalue weighted by molar-refractivity contribution is -0.129. The van der Waals surface area contributed by atoms with Crippen molar-refractivity contribution >= 4 is 22.8 Å². The van der Waals surface area contributed by atoms with Gasteiger partial charge >= 0.3 is 0 Å². The number of hydrogen-bond acceptors (Lipinski definition) is 5. The van der Waals surface area contributed by atoms with E-state index in [-0.39, 0.29) is 5.91 Å². The van der Waals surface area contributed by atoms with Crippen LogP contribution in [0.25, 0.3) is 11.2 Å². The molecule has 2 aliphatic rings. The Kier molecular flexibility index (Phi) is 4.11. The third-order valence-electron chi connectivity index (χ3n) is 5.43. The summed E-state index contributed by atoms with van der Waals surface area (Å²) in [6.45, 7) is 12.2. The highest BCUT2D eigenvalue weighted by atomic mass is 16.2. The molecule has 2 aromatic rings. The lowest BCUT2D eigenvalue weighted by Crippen LogP contribution is -2.48. The number of piperazine rings is 1. The molecule has 4 rings (SSSR count). The van der Waals surface area contributed by atoms with E-state index in [1.54, 1.807) is 6.92 Å². The van der Waals surface area contributed by atoms with Crippen molar-refractivity contribution in [1.29, 1.82) is 0 Å². The Morgan fingerprint density at radius 3 is 2.56 bits per heavy atom. The zero-order valence-corrected chi connectivity index (χ0v) is 15.3. The number of nitrogens with zero attached hydrogens (tertiary/aromatic N) is 6. The van der Waals surface area contributed by atoms with Crippen molar-refractivity contribution in [1.82, 2.24) is 24.3 Å². The first kappa shape index (κ1) is 16.3. The highest BCUT2D eigenvalue weighted by Gasteiger charge is 2.24. The molecule has 0 bridgehead atoms. The summed E-state index contributed by atoms with van der Waals surface area (Å²) in [5.74, 6) is 1.27. The summed E-state index contributed by atoms with van der Waals surface area (Å²) in [6, 6.07) is 2.69. The molecular weight excluding hydrogens is 316 g/mol. The molecular formula is C18H26N6O. The number of rotatable bonds is 2. The number of imidazole rings is 1. The van der Waals surface area contributed by atoms with Gasteiger partial charge in [0.15, 0.2) is 5.65 Å². The first-order valence-electron chi connectivity index (χ1n) is 9.12. The molecule has 2 aromatic heterocycles. The number of anilines is 1. The number of hydrogen-bond donors (Lipinski definition) is 0. The van der Waals surface area contributed by atoms with E-state index in [1.165, 1.54) is 0 Å². The van der Waals surface area contributed by atoms with Crippen LogP contribution >= 0.6 is 0 Å². The normalized spacial score (nSPS) is 18.9. The molecule has 7 nitrogen and oxygen atoms in total. The Bertz CT molecular complexity index is 790. The van der Waals surface area contributed by atoms with E-state index in [0.717, 1.165) is 68.5 Å². The number of aromatic nitrogens is 3. The average molecular weight is 342 g/mol. The standard InChI is InChI=1S/C18H26N6O/c1-13(2)23-8-9-24-17(12-23)20-16-10-15(11-19-18(16)24)22-6-4-21(5-7-22)14(3)25/h10-11,13H,4-9,12H2,1-3H3. The van der Waals surface area contributed by atoms with Gasteiger partial charge in [-0.05, 0) is 19.9 Å². The second-order valence-corrected chi connectivity index (χ2v) is 7.27. The molecule has 7 heteroatoms. The SMILES string of the molecule is CC(=O)N1CCN(c2cnc3c(c2)nc2n3CCN(C(C)C)C2)CC1. The van der Waals surface area contributed by atoms with E-state index in [4.69, 9.17) is 9.97 Å². The topological polar surface area (TPSA) is 57.5 Å². The van der Waals surface area contributed by atoms with Crippen molar-refractivity contribution in [2.24, 2.45) is 0 Å². The molecule has 0 saturated carbocycles. The monoisotopic (exact) mass is 342 g/mol. The Hall–Kier alpha value is -2.15. The van der Waals surface area contributed by atoms with Gasteiger partial charge in [0.25, 0.3) is 0 Å². The van der Waals surface area contributed by atoms with E-state index >= 15 is 0 Å². The van der Waals surface area contributed by atoms with Crippen molar-refractivity contribution in [2.45, 2.75) is 39.9 Å². The van der Waals surface area contributed by atoms with Crippen molar-refractivity contribution < 1.29 is 4.79 Å². The van der Waals surface area contributed by atoms with Crippen LogP contribution in [0.1, 0.15) is 26.6 Å². The number of pyridine rings is 1. The van der Waals surface area contributed by atoms with Gasteiger partial charge in [-0.2, -0.15) is 0 Å². The summed E-state index contributed by atoms with van der Waals surface area (Å²) in [5, 5.41) is 0. The van der Waals surface area contributed by atoms with Crippen LogP contribution in [0.2, 0.25) is 0 Å². The Labute approximate surface area is 148 Å². The maximum atomic E-state index is 11.5. The van der Waals surface area contributed by atoms with Gasteiger partial charge in [0, 0.05) is 52.2 Å². The highest BCUT2D eigenvalue weighted by Crippen LogP contribution is 2.24. The molecule has 0 aliphatic carbocycles. The molecule has 0 N–H and O–H groups in total. The number of carbonyl (C=O) groups is 1. The van der Waals surface area contributed by atoms with Gasteiger partial charge in [0.2, 0.25) is 5.91 Å². The van der Waals surface area contributed by atoms with Gasteiger partial charge in [-0.15, -0.1) is 0 Å². The molecule has 0 atom stereocenters. The van der Waals surface area contributed by atoms with E-state index < -0.39 is 0 Å². The fourth-order valence-corrected chi connectivity index (χ4v) is 3.79. The Morgan fingerprint density at radius 1 is 1.12 bits per heavy atom. The minimum atomic E-state index is 0.157. The van der Waals surface area contributed by atoms with Crippen molar-refractivity contribution in [3.05, 3.63) is 18.1 Å².